The highest BCUT2D eigenvalue weighted by atomic mass is 16.5. The van der Waals surface area contributed by atoms with Crippen molar-refractivity contribution in [1.82, 2.24) is 10.1 Å². The molecular formula is C20H31N3O3. The Hall–Kier alpha value is -1.40. The number of anilines is 1. The molecule has 2 saturated heterocycles. The first-order chi connectivity index (χ1) is 12.4. The first-order valence-electron chi connectivity index (χ1n) is 9.96. The quantitative estimate of drug-likeness (QED) is 0.895. The van der Waals surface area contributed by atoms with Crippen molar-refractivity contribution in [3.05, 3.63) is 11.8 Å². The van der Waals surface area contributed by atoms with Gasteiger partial charge in [0.1, 0.15) is 0 Å². The summed E-state index contributed by atoms with van der Waals surface area (Å²) in [6.07, 6.45) is 6.09. The van der Waals surface area contributed by atoms with Crippen LogP contribution in [0, 0.1) is 11.3 Å². The second-order valence-corrected chi connectivity index (χ2v) is 9.36. The van der Waals surface area contributed by atoms with Crippen molar-refractivity contribution in [3.8, 4) is 0 Å². The Morgan fingerprint density at radius 1 is 1.35 bits per heavy atom. The lowest BCUT2D eigenvalue weighted by Gasteiger charge is -2.37. The van der Waals surface area contributed by atoms with Crippen molar-refractivity contribution in [2.75, 3.05) is 31.6 Å². The fraction of sp³-hybridized carbons (Fsp3) is 0.800. The lowest BCUT2D eigenvalue weighted by molar-refractivity contribution is -0.117. The Morgan fingerprint density at radius 2 is 2.12 bits per heavy atom. The van der Waals surface area contributed by atoms with E-state index in [2.05, 4.69) is 36.1 Å². The molecule has 1 spiro atoms. The zero-order valence-corrected chi connectivity index (χ0v) is 16.2. The van der Waals surface area contributed by atoms with Crippen molar-refractivity contribution >= 4 is 11.8 Å². The van der Waals surface area contributed by atoms with E-state index in [1.54, 1.807) is 0 Å². The fourth-order valence-electron chi connectivity index (χ4n) is 5.26. The number of likely N-dealkylation sites (tertiary alicyclic amines) is 1. The van der Waals surface area contributed by atoms with Gasteiger partial charge in [0.2, 0.25) is 11.8 Å². The summed E-state index contributed by atoms with van der Waals surface area (Å²) in [5.74, 6) is 1.18. The Morgan fingerprint density at radius 3 is 2.81 bits per heavy atom. The van der Waals surface area contributed by atoms with E-state index >= 15 is 0 Å². The number of amides is 1. The van der Waals surface area contributed by atoms with E-state index in [0.29, 0.717) is 23.9 Å². The average molecular weight is 361 g/mol. The van der Waals surface area contributed by atoms with E-state index in [4.69, 9.17) is 9.26 Å². The maximum Gasteiger partial charge on any atom is 0.240 e. The number of hydrogen-bond acceptors (Lipinski definition) is 5. The molecule has 3 aliphatic rings. The number of aromatic nitrogens is 1. The molecule has 0 bridgehead atoms. The summed E-state index contributed by atoms with van der Waals surface area (Å²) in [5, 5.41) is 6.97. The van der Waals surface area contributed by atoms with Gasteiger partial charge in [-0.3, -0.25) is 15.0 Å². The average Bonchev–Trinajstić information content (AvgIpc) is 3.27. The van der Waals surface area contributed by atoms with Gasteiger partial charge in [0.25, 0.3) is 0 Å². The summed E-state index contributed by atoms with van der Waals surface area (Å²) in [6, 6.07) is 2.39. The Bertz CT molecular complexity index is 658. The van der Waals surface area contributed by atoms with E-state index in [9.17, 15) is 4.79 Å². The van der Waals surface area contributed by atoms with Crippen LogP contribution in [0.15, 0.2) is 10.6 Å². The molecule has 6 nitrogen and oxygen atoms in total. The van der Waals surface area contributed by atoms with Gasteiger partial charge < -0.3 is 9.26 Å². The van der Waals surface area contributed by atoms with Crippen LogP contribution in [0.5, 0.6) is 0 Å². The van der Waals surface area contributed by atoms with E-state index in [1.807, 2.05) is 6.07 Å². The number of nitrogens with zero attached hydrogens (tertiary/aromatic N) is 2. The van der Waals surface area contributed by atoms with Gasteiger partial charge >= 0.3 is 0 Å². The minimum atomic E-state index is -0.0894. The lowest BCUT2D eigenvalue weighted by Crippen LogP contribution is -2.38. The molecule has 1 amide bonds. The van der Waals surface area contributed by atoms with Gasteiger partial charge in [-0.25, -0.2) is 0 Å². The number of nitrogens with one attached hydrogen (secondary N) is 1. The summed E-state index contributed by atoms with van der Waals surface area (Å²) < 4.78 is 10.9. The Kier molecular flexibility index (Phi) is 4.59. The third-order valence-electron chi connectivity index (χ3n) is 6.63. The molecule has 1 aromatic heterocycles. The monoisotopic (exact) mass is 361 g/mol. The fourth-order valence-corrected chi connectivity index (χ4v) is 5.26. The van der Waals surface area contributed by atoms with Gasteiger partial charge in [0, 0.05) is 37.3 Å². The second-order valence-electron chi connectivity index (χ2n) is 9.36. The topological polar surface area (TPSA) is 67.6 Å². The summed E-state index contributed by atoms with van der Waals surface area (Å²) in [5.41, 5.74) is 1.13. The van der Waals surface area contributed by atoms with Crippen LogP contribution in [-0.2, 0) is 14.9 Å². The number of rotatable bonds is 3. The molecule has 2 aliphatic heterocycles. The summed E-state index contributed by atoms with van der Waals surface area (Å²) in [6.45, 7) is 9.45. The van der Waals surface area contributed by atoms with Crippen LogP contribution < -0.4 is 5.32 Å². The smallest absolute Gasteiger partial charge is 0.240 e. The number of fused-ring (bicyclic) bond motifs is 2. The maximum absolute atomic E-state index is 12.6. The molecule has 1 aliphatic carbocycles. The van der Waals surface area contributed by atoms with Crippen LogP contribution in [0.1, 0.15) is 58.6 Å². The van der Waals surface area contributed by atoms with Crippen LogP contribution in [0.25, 0.3) is 0 Å². The van der Waals surface area contributed by atoms with Crippen LogP contribution in [0.3, 0.4) is 0 Å². The molecule has 26 heavy (non-hydrogen) atoms. The Labute approximate surface area is 155 Å². The zero-order chi connectivity index (χ0) is 18.4. The minimum absolute atomic E-state index is 0.00336. The van der Waals surface area contributed by atoms with E-state index < -0.39 is 0 Å². The van der Waals surface area contributed by atoms with Crippen LogP contribution in [-0.4, -0.2) is 48.3 Å². The van der Waals surface area contributed by atoms with Crippen molar-refractivity contribution < 1.29 is 14.1 Å². The van der Waals surface area contributed by atoms with Gasteiger partial charge in [-0.1, -0.05) is 32.3 Å². The lowest BCUT2D eigenvalue weighted by atomic mass is 9.71. The largest absolute Gasteiger partial charge is 0.381 e. The van der Waals surface area contributed by atoms with Crippen LogP contribution in [0.2, 0.25) is 0 Å². The van der Waals surface area contributed by atoms with E-state index in [-0.39, 0.29) is 11.3 Å². The summed E-state index contributed by atoms with van der Waals surface area (Å²) in [4.78, 5) is 15.0. The predicted molar refractivity (Wildman–Crippen MR) is 99.0 cm³/mol. The number of carbonyl (C=O) groups excluding carboxylic acids is 1. The number of hydrogen-bond donors (Lipinski definition) is 1. The molecule has 144 valence electrons. The van der Waals surface area contributed by atoms with Gasteiger partial charge in [-0.15, -0.1) is 0 Å². The third kappa shape index (κ3) is 3.29. The Balaban J connectivity index is 1.40. The van der Waals surface area contributed by atoms with E-state index in [0.717, 1.165) is 44.2 Å². The highest BCUT2D eigenvalue weighted by Crippen LogP contribution is 2.53. The molecule has 6 heteroatoms. The summed E-state index contributed by atoms with van der Waals surface area (Å²) in [7, 11) is 0. The molecule has 0 radical (unpaired) electrons. The molecular weight excluding hydrogens is 330 g/mol. The standard InChI is InChI=1S/C20H31N3O3/c1-19(2,3)16-11-18(26-22-16)21-17(24)12-23-13-20(7-9-25-10-8-20)14-5-4-6-15(14)23/h11,14-15H,4-10,12-13H2,1-3H3,(H,21,24)/t14-,15+/m1/s1. The van der Waals surface area contributed by atoms with Crippen molar-refractivity contribution in [3.63, 3.8) is 0 Å². The molecule has 2 atom stereocenters. The number of carbonyl (C=O) groups is 1. The number of ether oxygens (including phenoxy) is 1. The molecule has 1 aromatic rings. The maximum atomic E-state index is 12.6. The third-order valence-corrected chi connectivity index (χ3v) is 6.63. The summed E-state index contributed by atoms with van der Waals surface area (Å²) >= 11 is 0. The minimum Gasteiger partial charge on any atom is -0.381 e. The van der Waals surface area contributed by atoms with Crippen molar-refractivity contribution in [1.29, 1.82) is 0 Å². The zero-order valence-electron chi connectivity index (χ0n) is 16.2. The molecule has 4 rings (SSSR count). The van der Waals surface area contributed by atoms with Crippen LogP contribution >= 0.6 is 0 Å². The van der Waals surface area contributed by atoms with Gasteiger partial charge in [0.15, 0.2) is 0 Å². The highest BCUT2D eigenvalue weighted by molar-refractivity contribution is 5.91. The first kappa shape index (κ1) is 18.0. The SMILES string of the molecule is CC(C)(C)c1cc(NC(=O)CN2CC3(CCOCC3)[C@@H]3CCC[C@@H]32)on1. The molecule has 0 aromatic carbocycles. The normalized spacial score (nSPS) is 28.4. The molecule has 3 fully saturated rings. The van der Waals surface area contributed by atoms with Gasteiger partial charge in [0.05, 0.1) is 12.2 Å². The predicted octanol–water partition coefficient (Wildman–Crippen LogP) is 3.19. The van der Waals surface area contributed by atoms with Crippen molar-refractivity contribution in [2.24, 2.45) is 11.3 Å². The highest BCUT2D eigenvalue weighted by Gasteiger charge is 2.54. The molecule has 3 heterocycles. The van der Waals surface area contributed by atoms with Crippen molar-refractivity contribution in [2.45, 2.75) is 64.3 Å². The second kappa shape index (κ2) is 6.64. The van der Waals surface area contributed by atoms with Crippen LogP contribution in [0.4, 0.5) is 5.88 Å². The first-order valence-corrected chi connectivity index (χ1v) is 9.96. The molecule has 1 N–H and O–H groups in total. The molecule has 0 unspecified atom stereocenters. The van der Waals surface area contributed by atoms with Gasteiger partial charge in [-0.05, 0) is 37.0 Å². The van der Waals surface area contributed by atoms with Gasteiger partial charge in [-0.2, -0.15) is 0 Å². The van der Waals surface area contributed by atoms with E-state index in [1.165, 1.54) is 19.3 Å². The molecule has 1 saturated carbocycles.